The molecule has 1 aliphatic carbocycles. The molecule has 3 atom stereocenters. The molecular formula is C21H20BrFN6O3. The van der Waals surface area contributed by atoms with Crippen molar-refractivity contribution in [1.29, 1.82) is 5.41 Å². The maximum absolute atomic E-state index is 13.7. The number of rotatable bonds is 7. The minimum absolute atomic E-state index is 0.00795. The van der Waals surface area contributed by atoms with Crippen LogP contribution in [0.3, 0.4) is 0 Å². The van der Waals surface area contributed by atoms with E-state index < -0.39 is 23.5 Å². The highest BCUT2D eigenvalue weighted by atomic mass is 79.9. The number of piperidine rings is 1. The quantitative estimate of drug-likeness (QED) is 0.337. The van der Waals surface area contributed by atoms with Crippen LogP contribution in [-0.4, -0.2) is 51.9 Å². The molecule has 1 saturated heterocycles. The molecule has 5 N–H and O–H groups in total. The lowest BCUT2D eigenvalue weighted by molar-refractivity contribution is -0.136. The molecule has 4 rings (SSSR count). The van der Waals surface area contributed by atoms with Gasteiger partial charge in [0.1, 0.15) is 28.0 Å². The minimum atomic E-state index is -0.968. The average Bonchev–Trinajstić information content (AvgIpc) is 3.40. The molecular weight excluding hydrogens is 483 g/mol. The highest BCUT2D eigenvalue weighted by Gasteiger charge is 2.55. The normalized spacial score (nSPS) is 20.9. The Labute approximate surface area is 191 Å². The lowest BCUT2D eigenvalue weighted by atomic mass is 10.1. The maximum Gasteiger partial charge on any atom is 0.267 e. The zero-order valence-electron chi connectivity index (χ0n) is 16.8. The summed E-state index contributed by atoms with van der Waals surface area (Å²) in [7, 11) is 0. The second kappa shape index (κ2) is 8.65. The standard InChI is InChI=1S/C21H20BrFN6O3/c22-16-2-1-3-17(27-16)28-21(32)15-7-10-6-14(10)29(15)18(30)9-26-13-8-11(23)4-5-12(13)19(24)20(25)31/h1-5,8,10,14-15,24,26H,6-7,9H2,(H2,25,31)(H,27,28,32)/t10-,14-,15+/m1/s1. The molecule has 0 unspecified atom stereocenters. The molecule has 166 valence electrons. The van der Waals surface area contributed by atoms with Crippen LogP contribution in [0.4, 0.5) is 15.9 Å². The van der Waals surface area contributed by atoms with Gasteiger partial charge in [0, 0.05) is 17.3 Å². The van der Waals surface area contributed by atoms with Gasteiger partial charge in [-0.05, 0) is 65.0 Å². The summed E-state index contributed by atoms with van der Waals surface area (Å²) >= 11 is 3.25. The third-order valence-electron chi connectivity index (χ3n) is 5.59. The molecule has 0 spiro atoms. The van der Waals surface area contributed by atoms with Gasteiger partial charge in [-0.2, -0.15) is 0 Å². The molecule has 3 amide bonds. The van der Waals surface area contributed by atoms with Crippen LogP contribution in [0.25, 0.3) is 0 Å². The van der Waals surface area contributed by atoms with Crippen LogP contribution >= 0.6 is 15.9 Å². The third-order valence-corrected chi connectivity index (χ3v) is 6.03. The van der Waals surface area contributed by atoms with Crippen LogP contribution < -0.4 is 16.4 Å². The van der Waals surface area contributed by atoms with Crippen molar-refractivity contribution in [3.8, 4) is 0 Å². The minimum Gasteiger partial charge on any atom is -0.376 e. The predicted octanol–water partition coefficient (Wildman–Crippen LogP) is 1.88. The number of aromatic nitrogens is 1. The van der Waals surface area contributed by atoms with Crippen molar-refractivity contribution >= 4 is 50.9 Å². The molecule has 1 saturated carbocycles. The summed E-state index contributed by atoms with van der Waals surface area (Å²) in [6.45, 7) is -0.232. The van der Waals surface area contributed by atoms with Crippen LogP contribution in [0.15, 0.2) is 41.0 Å². The highest BCUT2D eigenvalue weighted by Crippen LogP contribution is 2.48. The first-order chi connectivity index (χ1) is 15.2. The van der Waals surface area contributed by atoms with Crippen LogP contribution in [0.2, 0.25) is 0 Å². The number of nitrogens with two attached hydrogens (primary N) is 1. The summed E-state index contributed by atoms with van der Waals surface area (Å²) in [6.07, 6.45) is 1.40. The summed E-state index contributed by atoms with van der Waals surface area (Å²) in [4.78, 5) is 42.9. The summed E-state index contributed by atoms with van der Waals surface area (Å²) in [5.41, 5.74) is 4.86. The predicted molar refractivity (Wildman–Crippen MR) is 119 cm³/mol. The number of carbonyl (C=O) groups excluding carboxylic acids is 3. The number of nitrogens with one attached hydrogen (secondary N) is 3. The molecule has 1 aromatic carbocycles. The first kappa shape index (κ1) is 21.9. The van der Waals surface area contributed by atoms with Gasteiger partial charge in [-0.3, -0.25) is 19.8 Å². The van der Waals surface area contributed by atoms with Crippen LogP contribution in [-0.2, 0) is 14.4 Å². The van der Waals surface area contributed by atoms with Gasteiger partial charge >= 0.3 is 0 Å². The topological polar surface area (TPSA) is 141 Å². The van der Waals surface area contributed by atoms with Gasteiger partial charge in [-0.25, -0.2) is 9.37 Å². The molecule has 1 aliphatic heterocycles. The number of pyridine rings is 1. The second-order valence-corrected chi connectivity index (χ2v) is 8.55. The number of fused-ring (bicyclic) bond motifs is 1. The van der Waals surface area contributed by atoms with E-state index in [0.29, 0.717) is 16.8 Å². The number of halogens is 2. The van der Waals surface area contributed by atoms with Crippen LogP contribution in [0.5, 0.6) is 0 Å². The molecule has 2 aliphatic rings. The molecule has 2 aromatic rings. The number of carbonyl (C=O) groups is 3. The van der Waals surface area contributed by atoms with Crippen molar-refractivity contribution in [2.24, 2.45) is 11.7 Å². The average molecular weight is 503 g/mol. The Bertz CT molecular complexity index is 1130. The van der Waals surface area contributed by atoms with Crippen molar-refractivity contribution in [2.45, 2.75) is 24.9 Å². The third kappa shape index (κ3) is 4.47. The van der Waals surface area contributed by atoms with Crippen molar-refractivity contribution < 1.29 is 18.8 Å². The molecule has 9 nitrogen and oxygen atoms in total. The maximum atomic E-state index is 13.7. The summed E-state index contributed by atoms with van der Waals surface area (Å²) < 4.78 is 14.3. The highest BCUT2D eigenvalue weighted by molar-refractivity contribution is 9.10. The first-order valence-electron chi connectivity index (χ1n) is 9.91. The molecule has 2 heterocycles. The Morgan fingerprint density at radius 3 is 2.75 bits per heavy atom. The molecule has 0 bridgehead atoms. The molecule has 32 heavy (non-hydrogen) atoms. The summed E-state index contributed by atoms with van der Waals surface area (Å²) in [5, 5.41) is 13.3. The second-order valence-electron chi connectivity index (χ2n) is 7.73. The molecule has 1 aromatic heterocycles. The van der Waals surface area contributed by atoms with Gasteiger partial charge in [0.25, 0.3) is 5.91 Å². The van der Waals surface area contributed by atoms with Crippen LogP contribution in [0.1, 0.15) is 18.4 Å². The number of hydrogen-bond acceptors (Lipinski definition) is 6. The van der Waals surface area contributed by atoms with Crippen molar-refractivity contribution in [1.82, 2.24) is 9.88 Å². The van der Waals surface area contributed by atoms with E-state index in [1.54, 1.807) is 23.1 Å². The number of hydrogen-bond donors (Lipinski definition) is 4. The van der Waals surface area contributed by atoms with E-state index in [-0.39, 0.29) is 41.6 Å². The van der Waals surface area contributed by atoms with Gasteiger partial charge in [0.05, 0.1) is 6.54 Å². The van der Waals surface area contributed by atoms with E-state index in [2.05, 4.69) is 31.5 Å². The van der Waals surface area contributed by atoms with E-state index in [1.807, 2.05) is 0 Å². The summed E-state index contributed by atoms with van der Waals surface area (Å²) in [6, 6.07) is 7.94. The van der Waals surface area contributed by atoms with Gasteiger partial charge in [-0.1, -0.05) is 6.07 Å². The number of primary amides is 1. The first-order valence-corrected chi connectivity index (χ1v) is 10.7. The Balaban J connectivity index is 1.46. The number of amides is 3. The summed E-state index contributed by atoms with van der Waals surface area (Å²) in [5.74, 6) is -1.56. The van der Waals surface area contributed by atoms with E-state index >= 15 is 0 Å². The number of likely N-dealkylation sites (tertiary alicyclic amines) is 1. The lowest BCUT2D eigenvalue weighted by Crippen LogP contribution is -2.47. The Hall–Kier alpha value is -3.34. The van der Waals surface area contributed by atoms with Crippen molar-refractivity contribution in [2.75, 3.05) is 17.2 Å². The Kier molecular flexibility index (Phi) is 5.92. The van der Waals surface area contributed by atoms with Crippen molar-refractivity contribution in [3.63, 3.8) is 0 Å². The van der Waals surface area contributed by atoms with Crippen LogP contribution in [0, 0.1) is 17.1 Å². The fourth-order valence-corrected chi connectivity index (χ4v) is 4.36. The molecule has 0 radical (unpaired) electrons. The van der Waals surface area contributed by atoms with Gasteiger partial charge in [0.15, 0.2) is 0 Å². The largest absolute Gasteiger partial charge is 0.376 e. The SMILES string of the molecule is N=C(C(N)=O)c1ccc(F)cc1NCC(=O)N1[C@@H]2C[C@@H]2C[C@H]1C(=O)Nc1cccc(Br)n1. The van der Waals surface area contributed by atoms with Gasteiger partial charge in [-0.15, -0.1) is 0 Å². The van der Waals surface area contributed by atoms with E-state index in [9.17, 15) is 18.8 Å². The zero-order valence-corrected chi connectivity index (χ0v) is 18.4. The number of nitrogens with zero attached hydrogens (tertiary/aromatic N) is 2. The smallest absolute Gasteiger partial charge is 0.267 e. The van der Waals surface area contributed by atoms with Crippen molar-refractivity contribution in [3.05, 3.63) is 52.4 Å². The number of benzene rings is 1. The monoisotopic (exact) mass is 502 g/mol. The number of anilines is 2. The zero-order chi connectivity index (χ0) is 23.0. The van der Waals surface area contributed by atoms with E-state index in [4.69, 9.17) is 11.1 Å². The Morgan fingerprint density at radius 1 is 1.25 bits per heavy atom. The van der Waals surface area contributed by atoms with E-state index in [0.717, 1.165) is 18.6 Å². The van der Waals surface area contributed by atoms with E-state index in [1.165, 1.54) is 6.07 Å². The lowest BCUT2D eigenvalue weighted by Gasteiger charge is -2.27. The van der Waals surface area contributed by atoms with Gasteiger partial charge in [0.2, 0.25) is 11.8 Å². The molecule has 2 fully saturated rings. The fraction of sp³-hybridized carbons (Fsp3) is 0.286. The Morgan fingerprint density at radius 2 is 2.03 bits per heavy atom. The van der Waals surface area contributed by atoms with Gasteiger partial charge < -0.3 is 21.3 Å². The molecule has 11 heteroatoms. The fourth-order valence-electron chi connectivity index (χ4n) is 4.01.